The Kier molecular flexibility index (Phi) is 6.06. The van der Waals surface area contributed by atoms with E-state index in [0.717, 1.165) is 26.1 Å². The van der Waals surface area contributed by atoms with Crippen LogP contribution in [0.3, 0.4) is 0 Å². The topological polar surface area (TPSA) is 45.5 Å². The van der Waals surface area contributed by atoms with Crippen molar-refractivity contribution < 1.29 is 13.6 Å². The van der Waals surface area contributed by atoms with E-state index >= 15 is 0 Å². The number of hydrogen-bond donors (Lipinski definition) is 1. The van der Waals surface area contributed by atoms with Crippen molar-refractivity contribution in [2.75, 3.05) is 13.1 Å². The number of nitrogens with one attached hydrogen (secondary N) is 1. The second-order valence-electron chi connectivity index (χ2n) is 7.52. The number of benzene rings is 2. The Hall–Kier alpha value is -2.92. The number of carbonyl (C=O) groups excluding carboxylic acids is 1. The molecule has 1 saturated heterocycles. The van der Waals surface area contributed by atoms with Crippen molar-refractivity contribution in [3.63, 3.8) is 0 Å². The Morgan fingerprint density at radius 1 is 1.07 bits per heavy atom. The van der Waals surface area contributed by atoms with Crippen molar-refractivity contribution >= 4 is 5.91 Å². The Labute approximate surface area is 170 Å². The van der Waals surface area contributed by atoms with Crippen LogP contribution in [0, 0.1) is 5.82 Å². The van der Waals surface area contributed by atoms with Crippen LogP contribution in [0.5, 0.6) is 0 Å². The first-order valence-electron chi connectivity index (χ1n) is 10.1. The number of halogens is 1. The van der Waals surface area contributed by atoms with E-state index in [1.54, 1.807) is 24.3 Å². The summed E-state index contributed by atoms with van der Waals surface area (Å²) in [6.07, 6.45) is 1.83. The summed E-state index contributed by atoms with van der Waals surface area (Å²) in [4.78, 5) is 14.7. The van der Waals surface area contributed by atoms with Gasteiger partial charge in [0.1, 0.15) is 17.3 Å². The number of nitrogens with zero attached hydrogens (tertiary/aromatic N) is 1. The summed E-state index contributed by atoms with van der Waals surface area (Å²) < 4.78 is 19.6. The van der Waals surface area contributed by atoms with Crippen molar-refractivity contribution in [1.82, 2.24) is 10.2 Å². The highest BCUT2D eigenvalue weighted by Crippen LogP contribution is 2.25. The molecule has 1 amide bonds. The molecule has 0 saturated carbocycles. The van der Waals surface area contributed by atoms with E-state index in [1.807, 2.05) is 12.1 Å². The third kappa shape index (κ3) is 5.12. The minimum atomic E-state index is -0.313. The summed E-state index contributed by atoms with van der Waals surface area (Å²) in [6, 6.07) is 20.7. The molecule has 3 aromatic rings. The molecule has 2 aromatic carbocycles. The van der Waals surface area contributed by atoms with Gasteiger partial charge in [0.2, 0.25) is 5.91 Å². The summed E-state index contributed by atoms with van der Waals surface area (Å²) >= 11 is 0. The minimum absolute atomic E-state index is 0.0282. The van der Waals surface area contributed by atoms with Gasteiger partial charge in [-0.1, -0.05) is 42.5 Å². The van der Waals surface area contributed by atoms with Crippen LogP contribution in [-0.4, -0.2) is 29.9 Å². The molecule has 1 N–H and O–H groups in total. The van der Waals surface area contributed by atoms with Gasteiger partial charge in [-0.15, -0.1) is 0 Å². The van der Waals surface area contributed by atoms with E-state index in [-0.39, 0.29) is 17.8 Å². The lowest BCUT2D eigenvalue weighted by atomic mass is 10.1. The number of amides is 1. The number of carbonyl (C=O) groups is 1. The largest absolute Gasteiger partial charge is 0.461 e. The molecule has 29 heavy (non-hydrogen) atoms. The van der Waals surface area contributed by atoms with Gasteiger partial charge in [-0.25, -0.2) is 4.39 Å². The molecule has 0 unspecified atom stereocenters. The Balaban J connectivity index is 1.23. The standard InChI is InChI=1S/C24H25FN2O2/c25-22-9-5-4-8-21(22)23-12-10-20(29-23)11-13-24(28)26-19-14-15-27(17-19)16-18-6-2-1-3-7-18/h1-10,12,19H,11,13-17H2,(H,26,28)/t19-/m0/s1. The summed E-state index contributed by atoms with van der Waals surface area (Å²) in [7, 11) is 0. The Bertz CT molecular complexity index is 954. The number of rotatable bonds is 7. The fourth-order valence-electron chi connectivity index (χ4n) is 3.79. The van der Waals surface area contributed by atoms with Crippen LogP contribution < -0.4 is 5.32 Å². The Morgan fingerprint density at radius 3 is 2.69 bits per heavy atom. The number of aryl methyl sites for hydroxylation is 1. The van der Waals surface area contributed by atoms with Crippen molar-refractivity contribution in [3.05, 3.63) is 83.9 Å². The molecule has 4 rings (SSSR count). The molecule has 2 heterocycles. The van der Waals surface area contributed by atoms with Gasteiger partial charge in [0.15, 0.2) is 0 Å². The van der Waals surface area contributed by atoms with Crippen LogP contribution in [0.2, 0.25) is 0 Å². The van der Waals surface area contributed by atoms with E-state index < -0.39 is 0 Å². The first-order valence-corrected chi connectivity index (χ1v) is 10.1. The second kappa shape index (κ2) is 9.05. The SMILES string of the molecule is O=C(CCc1ccc(-c2ccccc2F)o1)N[C@H]1CCN(Cc2ccccc2)C1. The zero-order valence-electron chi connectivity index (χ0n) is 16.3. The van der Waals surface area contributed by atoms with E-state index in [2.05, 4.69) is 34.5 Å². The number of furan rings is 1. The van der Waals surface area contributed by atoms with Crippen molar-refractivity contribution in [2.45, 2.75) is 31.8 Å². The molecule has 0 spiro atoms. The first kappa shape index (κ1) is 19.4. The van der Waals surface area contributed by atoms with E-state index in [1.165, 1.54) is 11.6 Å². The van der Waals surface area contributed by atoms with Crippen LogP contribution in [0.4, 0.5) is 4.39 Å². The highest BCUT2D eigenvalue weighted by Gasteiger charge is 2.23. The number of hydrogen-bond acceptors (Lipinski definition) is 3. The quantitative estimate of drug-likeness (QED) is 0.648. The first-order chi connectivity index (χ1) is 14.2. The maximum absolute atomic E-state index is 13.9. The third-order valence-corrected chi connectivity index (χ3v) is 5.29. The Morgan fingerprint density at radius 2 is 1.86 bits per heavy atom. The molecule has 0 aliphatic carbocycles. The number of likely N-dealkylation sites (tertiary alicyclic amines) is 1. The predicted octanol–water partition coefficient (Wildman–Crippen LogP) is 4.41. The predicted molar refractivity (Wildman–Crippen MR) is 111 cm³/mol. The molecule has 0 bridgehead atoms. The molecule has 1 fully saturated rings. The summed E-state index contributed by atoms with van der Waals surface area (Å²) in [5.74, 6) is 0.897. The minimum Gasteiger partial charge on any atom is -0.461 e. The summed E-state index contributed by atoms with van der Waals surface area (Å²) in [6.45, 7) is 2.78. The van der Waals surface area contributed by atoms with Crippen LogP contribution in [0.15, 0.2) is 71.1 Å². The molecule has 1 aliphatic rings. The van der Waals surface area contributed by atoms with Gasteiger partial charge in [0.05, 0.1) is 5.56 Å². The molecule has 0 radical (unpaired) electrons. The fraction of sp³-hybridized carbons (Fsp3) is 0.292. The fourth-order valence-corrected chi connectivity index (χ4v) is 3.79. The molecular formula is C24H25FN2O2. The lowest BCUT2D eigenvalue weighted by Crippen LogP contribution is -2.37. The van der Waals surface area contributed by atoms with E-state index in [4.69, 9.17) is 4.42 Å². The zero-order valence-corrected chi connectivity index (χ0v) is 16.3. The van der Waals surface area contributed by atoms with Gasteiger partial charge in [0, 0.05) is 38.5 Å². The summed E-state index contributed by atoms with van der Waals surface area (Å²) in [5.41, 5.74) is 1.73. The smallest absolute Gasteiger partial charge is 0.220 e. The molecule has 4 nitrogen and oxygen atoms in total. The van der Waals surface area contributed by atoms with Crippen molar-refractivity contribution in [2.24, 2.45) is 0 Å². The van der Waals surface area contributed by atoms with Crippen LogP contribution in [-0.2, 0) is 17.8 Å². The van der Waals surface area contributed by atoms with Gasteiger partial charge in [-0.3, -0.25) is 9.69 Å². The lowest BCUT2D eigenvalue weighted by Gasteiger charge is -2.16. The zero-order chi connectivity index (χ0) is 20.1. The highest BCUT2D eigenvalue weighted by molar-refractivity contribution is 5.76. The monoisotopic (exact) mass is 392 g/mol. The van der Waals surface area contributed by atoms with Crippen LogP contribution >= 0.6 is 0 Å². The third-order valence-electron chi connectivity index (χ3n) is 5.29. The highest BCUT2D eigenvalue weighted by atomic mass is 19.1. The molecule has 1 aliphatic heterocycles. The maximum Gasteiger partial charge on any atom is 0.220 e. The van der Waals surface area contributed by atoms with E-state index in [9.17, 15) is 9.18 Å². The average molecular weight is 392 g/mol. The molecule has 150 valence electrons. The van der Waals surface area contributed by atoms with Gasteiger partial charge in [-0.05, 0) is 36.2 Å². The van der Waals surface area contributed by atoms with Crippen LogP contribution in [0.1, 0.15) is 24.2 Å². The van der Waals surface area contributed by atoms with Gasteiger partial charge in [-0.2, -0.15) is 0 Å². The van der Waals surface area contributed by atoms with Gasteiger partial charge < -0.3 is 9.73 Å². The van der Waals surface area contributed by atoms with Gasteiger partial charge in [0.25, 0.3) is 0 Å². The molecule has 5 heteroatoms. The lowest BCUT2D eigenvalue weighted by molar-refractivity contribution is -0.121. The van der Waals surface area contributed by atoms with Gasteiger partial charge >= 0.3 is 0 Å². The second-order valence-corrected chi connectivity index (χ2v) is 7.52. The molecule has 1 aromatic heterocycles. The molecule has 1 atom stereocenters. The average Bonchev–Trinajstić information content (AvgIpc) is 3.37. The van der Waals surface area contributed by atoms with Crippen molar-refractivity contribution in [3.8, 4) is 11.3 Å². The maximum atomic E-state index is 13.9. The summed E-state index contributed by atoms with van der Waals surface area (Å²) in [5, 5.41) is 3.13. The van der Waals surface area contributed by atoms with E-state index in [0.29, 0.717) is 29.9 Å². The molecular weight excluding hydrogens is 367 g/mol. The normalized spacial score (nSPS) is 16.8. The van der Waals surface area contributed by atoms with Crippen LogP contribution in [0.25, 0.3) is 11.3 Å². The van der Waals surface area contributed by atoms with Crippen molar-refractivity contribution in [1.29, 1.82) is 0 Å².